The lowest BCUT2D eigenvalue weighted by atomic mass is 9.75. The van der Waals surface area contributed by atoms with Crippen molar-refractivity contribution in [3.8, 4) is 0 Å². The van der Waals surface area contributed by atoms with E-state index in [-0.39, 0.29) is 11.4 Å². The fourth-order valence-electron chi connectivity index (χ4n) is 1.73. The van der Waals surface area contributed by atoms with Crippen molar-refractivity contribution in [1.29, 1.82) is 0 Å². The Morgan fingerprint density at radius 1 is 1.46 bits per heavy atom. The van der Waals surface area contributed by atoms with Crippen molar-refractivity contribution in [3.63, 3.8) is 0 Å². The highest BCUT2D eigenvalue weighted by Crippen LogP contribution is 2.34. The molecule has 0 spiro atoms. The highest BCUT2D eigenvalue weighted by molar-refractivity contribution is 5.88. The van der Waals surface area contributed by atoms with Gasteiger partial charge in [-0.2, -0.15) is 0 Å². The van der Waals surface area contributed by atoms with Crippen molar-refractivity contribution in [1.82, 2.24) is 5.32 Å². The highest BCUT2D eigenvalue weighted by atomic mass is 16.1. The summed E-state index contributed by atoms with van der Waals surface area (Å²) in [7, 11) is 0. The van der Waals surface area contributed by atoms with Crippen LogP contribution in [0.25, 0.3) is 0 Å². The Labute approximate surface area is 80.4 Å². The monoisotopic (exact) mass is 181 g/mol. The second-order valence-corrected chi connectivity index (χ2v) is 4.20. The minimum atomic E-state index is 0.0709. The Kier molecular flexibility index (Phi) is 3.12. The molecule has 0 saturated heterocycles. The number of nitrogens with one attached hydrogen (secondary N) is 1. The number of hydrogen-bond donors (Lipinski definition) is 1. The predicted octanol–water partition coefficient (Wildman–Crippen LogP) is 2.40. The average Bonchev–Trinajstić information content (AvgIpc) is 1.95. The molecule has 0 aromatic carbocycles. The van der Waals surface area contributed by atoms with Gasteiger partial charge in [-0.05, 0) is 39.5 Å². The first-order valence-corrected chi connectivity index (χ1v) is 5.05. The van der Waals surface area contributed by atoms with Crippen LogP contribution in [-0.4, -0.2) is 11.4 Å². The van der Waals surface area contributed by atoms with Crippen molar-refractivity contribution in [2.75, 3.05) is 0 Å². The summed E-state index contributed by atoms with van der Waals surface area (Å²) in [5, 5.41) is 3.10. The zero-order chi connectivity index (χ0) is 9.90. The zero-order valence-electron chi connectivity index (χ0n) is 8.81. The third-order valence-electron chi connectivity index (χ3n) is 2.80. The van der Waals surface area contributed by atoms with Crippen LogP contribution < -0.4 is 5.32 Å². The van der Waals surface area contributed by atoms with E-state index in [2.05, 4.69) is 12.2 Å². The van der Waals surface area contributed by atoms with E-state index >= 15 is 0 Å². The van der Waals surface area contributed by atoms with Crippen molar-refractivity contribution >= 4 is 5.91 Å². The Bertz CT molecular complexity index is 217. The minimum Gasteiger partial charge on any atom is -0.347 e. The van der Waals surface area contributed by atoms with Gasteiger partial charge in [0.25, 0.3) is 0 Å². The lowest BCUT2D eigenvalue weighted by molar-refractivity contribution is -0.119. The van der Waals surface area contributed by atoms with Crippen LogP contribution in [0.1, 0.15) is 46.5 Å². The van der Waals surface area contributed by atoms with Crippen molar-refractivity contribution in [2.24, 2.45) is 0 Å². The fourth-order valence-corrected chi connectivity index (χ4v) is 1.73. The number of hydrogen-bond acceptors (Lipinski definition) is 1. The van der Waals surface area contributed by atoms with Gasteiger partial charge in [0, 0.05) is 11.6 Å². The first kappa shape index (κ1) is 10.3. The molecule has 0 aromatic rings. The van der Waals surface area contributed by atoms with Gasteiger partial charge in [0.05, 0.1) is 0 Å². The van der Waals surface area contributed by atoms with Gasteiger partial charge in [-0.15, -0.1) is 0 Å². The topological polar surface area (TPSA) is 29.1 Å². The zero-order valence-corrected chi connectivity index (χ0v) is 8.81. The Balaban J connectivity index is 2.47. The molecule has 1 aliphatic carbocycles. The van der Waals surface area contributed by atoms with Crippen LogP contribution in [0.15, 0.2) is 11.6 Å². The Morgan fingerprint density at radius 2 is 2.08 bits per heavy atom. The van der Waals surface area contributed by atoms with Gasteiger partial charge in [0.1, 0.15) is 0 Å². The van der Waals surface area contributed by atoms with E-state index in [4.69, 9.17) is 0 Å². The van der Waals surface area contributed by atoms with Crippen LogP contribution in [0.3, 0.4) is 0 Å². The van der Waals surface area contributed by atoms with Gasteiger partial charge in [-0.1, -0.05) is 12.5 Å². The molecule has 1 amide bonds. The van der Waals surface area contributed by atoms with Gasteiger partial charge < -0.3 is 5.32 Å². The lowest BCUT2D eigenvalue weighted by Crippen LogP contribution is -2.52. The number of amides is 1. The number of carbonyl (C=O) groups is 1. The molecule has 1 saturated carbocycles. The van der Waals surface area contributed by atoms with Gasteiger partial charge >= 0.3 is 0 Å². The maximum Gasteiger partial charge on any atom is 0.244 e. The molecule has 2 nitrogen and oxygen atoms in total. The summed E-state index contributed by atoms with van der Waals surface area (Å²) in [5.74, 6) is 0.0709. The molecule has 0 heterocycles. The summed E-state index contributed by atoms with van der Waals surface area (Å²) < 4.78 is 0. The highest BCUT2D eigenvalue weighted by Gasteiger charge is 2.35. The first-order chi connectivity index (χ1) is 6.08. The summed E-state index contributed by atoms with van der Waals surface area (Å²) in [6.07, 6.45) is 6.27. The second-order valence-electron chi connectivity index (χ2n) is 4.20. The van der Waals surface area contributed by atoms with Crippen LogP contribution in [-0.2, 0) is 4.79 Å². The Hall–Kier alpha value is -0.790. The third-order valence-corrected chi connectivity index (χ3v) is 2.80. The summed E-state index contributed by atoms with van der Waals surface area (Å²) in [5.41, 5.74) is 1.19. The van der Waals surface area contributed by atoms with Gasteiger partial charge in [-0.25, -0.2) is 0 Å². The third kappa shape index (κ3) is 2.58. The molecule has 1 aliphatic rings. The molecule has 0 unspecified atom stereocenters. The van der Waals surface area contributed by atoms with Gasteiger partial charge in [0.2, 0.25) is 5.91 Å². The fraction of sp³-hybridized carbons (Fsp3) is 0.727. The van der Waals surface area contributed by atoms with Crippen LogP contribution >= 0.6 is 0 Å². The molecule has 1 N–H and O–H groups in total. The smallest absolute Gasteiger partial charge is 0.244 e. The SMILES string of the molecule is CCC1(NC(=O)C=C(C)C)CCC1. The molecular formula is C11H19NO. The van der Waals surface area contributed by atoms with Crippen molar-refractivity contribution in [3.05, 3.63) is 11.6 Å². The van der Waals surface area contributed by atoms with E-state index in [1.165, 1.54) is 6.42 Å². The maximum absolute atomic E-state index is 11.4. The van der Waals surface area contributed by atoms with Crippen LogP contribution in [0.5, 0.6) is 0 Å². The summed E-state index contributed by atoms with van der Waals surface area (Å²) in [4.78, 5) is 11.4. The molecule has 0 bridgehead atoms. The molecule has 13 heavy (non-hydrogen) atoms. The molecule has 2 heteroatoms. The molecule has 0 atom stereocenters. The number of rotatable bonds is 3. The molecule has 74 valence electrons. The first-order valence-electron chi connectivity index (χ1n) is 5.05. The molecule has 1 rings (SSSR count). The van der Waals surface area contributed by atoms with Crippen molar-refractivity contribution in [2.45, 2.75) is 52.0 Å². The standard InChI is InChI=1S/C11H19NO/c1-4-11(6-5-7-11)12-10(13)8-9(2)3/h8H,4-7H2,1-3H3,(H,12,13). The second kappa shape index (κ2) is 3.95. The van der Waals surface area contributed by atoms with E-state index in [9.17, 15) is 4.79 Å². The van der Waals surface area contributed by atoms with Gasteiger partial charge in [-0.3, -0.25) is 4.79 Å². The molecule has 0 aliphatic heterocycles. The Morgan fingerprint density at radius 3 is 2.38 bits per heavy atom. The van der Waals surface area contributed by atoms with Gasteiger partial charge in [0.15, 0.2) is 0 Å². The maximum atomic E-state index is 11.4. The van der Waals surface area contributed by atoms with E-state index < -0.39 is 0 Å². The van der Waals surface area contributed by atoms with E-state index in [0.29, 0.717) is 0 Å². The summed E-state index contributed by atoms with van der Waals surface area (Å²) in [6.45, 7) is 6.03. The molecule has 1 fully saturated rings. The normalized spacial score (nSPS) is 18.7. The molecule has 0 radical (unpaired) electrons. The number of carbonyl (C=O) groups excluding carboxylic acids is 1. The lowest BCUT2D eigenvalue weighted by Gasteiger charge is -2.41. The average molecular weight is 181 g/mol. The molecular weight excluding hydrogens is 162 g/mol. The molecule has 0 aromatic heterocycles. The van der Waals surface area contributed by atoms with Crippen LogP contribution in [0, 0.1) is 0 Å². The number of allylic oxidation sites excluding steroid dienone is 1. The van der Waals surface area contributed by atoms with Crippen molar-refractivity contribution < 1.29 is 4.79 Å². The van der Waals surface area contributed by atoms with E-state index in [1.54, 1.807) is 6.08 Å². The summed E-state index contributed by atoms with van der Waals surface area (Å²) in [6, 6.07) is 0. The largest absolute Gasteiger partial charge is 0.347 e. The quantitative estimate of drug-likeness (QED) is 0.665. The van der Waals surface area contributed by atoms with Crippen LogP contribution in [0.2, 0.25) is 0 Å². The summed E-state index contributed by atoms with van der Waals surface area (Å²) >= 11 is 0. The predicted molar refractivity (Wildman–Crippen MR) is 54.4 cm³/mol. The van der Waals surface area contributed by atoms with Crippen LogP contribution in [0.4, 0.5) is 0 Å². The van der Waals surface area contributed by atoms with E-state index in [1.807, 2.05) is 13.8 Å². The minimum absolute atomic E-state index is 0.0709. The van der Waals surface area contributed by atoms with E-state index in [0.717, 1.165) is 24.8 Å².